The van der Waals surface area contributed by atoms with Gasteiger partial charge in [0, 0.05) is 11.6 Å². The molecule has 5 heteroatoms. The van der Waals surface area contributed by atoms with Gasteiger partial charge in [-0.3, -0.25) is 4.79 Å². The van der Waals surface area contributed by atoms with Crippen molar-refractivity contribution in [2.45, 2.75) is 13.8 Å². The van der Waals surface area contributed by atoms with Crippen LogP contribution in [-0.4, -0.2) is 17.6 Å². The smallest absolute Gasteiger partial charge is 0.255 e. The van der Waals surface area contributed by atoms with Crippen LogP contribution in [0.25, 0.3) is 0 Å². The fraction of sp³-hybridized carbons (Fsp3) is 0.333. The molecular weight excluding hydrogens is 240 g/mol. The molecule has 1 aromatic carbocycles. The van der Waals surface area contributed by atoms with Gasteiger partial charge in [-0.25, -0.2) is 0 Å². The zero-order valence-electron chi connectivity index (χ0n) is 9.62. The Morgan fingerprint density at radius 3 is 2.76 bits per heavy atom. The molecule has 0 aliphatic heterocycles. The fourth-order valence-electron chi connectivity index (χ4n) is 1.13. The first-order valence-electron chi connectivity index (χ1n) is 5.04. The van der Waals surface area contributed by atoms with Crippen molar-refractivity contribution in [1.29, 1.82) is 5.26 Å². The summed E-state index contributed by atoms with van der Waals surface area (Å²) in [6.07, 6.45) is 0. The molecule has 0 saturated carbocycles. The van der Waals surface area contributed by atoms with Crippen LogP contribution in [0, 0.1) is 16.7 Å². The van der Waals surface area contributed by atoms with Crippen LogP contribution in [0.3, 0.4) is 0 Å². The predicted molar refractivity (Wildman–Crippen MR) is 64.8 cm³/mol. The van der Waals surface area contributed by atoms with Crippen LogP contribution in [0.1, 0.15) is 24.2 Å². The van der Waals surface area contributed by atoms with E-state index in [1.165, 1.54) is 18.2 Å². The summed E-state index contributed by atoms with van der Waals surface area (Å²) in [6.45, 7) is 3.65. The molecule has 2 N–H and O–H groups in total. The first-order valence-corrected chi connectivity index (χ1v) is 5.41. The number of halogens is 1. The normalized spacial score (nSPS) is 10.7. The van der Waals surface area contributed by atoms with Crippen LogP contribution in [0.15, 0.2) is 18.2 Å². The number of rotatable bonds is 3. The van der Waals surface area contributed by atoms with E-state index in [4.69, 9.17) is 16.9 Å². The fourth-order valence-corrected chi connectivity index (χ4v) is 1.30. The lowest BCUT2D eigenvalue weighted by Crippen LogP contribution is -2.33. The number of phenolic OH excluding ortho intramolecular Hbond substituents is 1. The van der Waals surface area contributed by atoms with E-state index in [0.717, 1.165) is 0 Å². The van der Waals surface area contributed by atoms with Crippen molar-refractivity contribution >= 4 is 17.5 Å². The van der Waals surface area contributed by atoms with Gasteiger partial charge in [0.05, 0.1) is 17.0 Å². The summed E-state index contributed by atoms with van der Waals surface area (Å²) in [7, 11) is 0. The Hall–Kier alpha value is -1.73. The van der Waals surface area contributed by atoms with Crippen molar-refractivity contribution in [1.82, 2.24) is 5.32 Å². The van der Waals surface area contributed by atoms with Crippen LogP contribution >= 0.6 is 11.6 Å². The van der Waals surface area contributed by atoms with Gasteiger partial charge in [0.15, 0.2) is 0 Å². The number of nitrogens with one attached hydrogen (secondary N) is 1. The third kappa shape index (κ3) is 3.65. The summed E-state index contributed by atoms with van der Waals surface area (Å²) in [6, 6.07) is 6.33. The summed E-state index contributed by atoms with van der Waals surface area (Å²) in [4.78, 5) is 11.7. The molecule has 0 atom stereocenters. The Morgan fingerprint density at radius 2 is 2.24 bits per heavy atom. The number of hydrogen-bond donors (Lipinski definition) is 2. The average Bonchev–Trinajstić information content (AvgIpc) is 2.26. The topological polar surface area (TPSA) is 73.1 Å². The van der Waals surface area contributed by atoms with E-state index >= 15 is 0 Å². The highest BCUT2D eigenvalue weighted by molar-refractivity contribution is 6.30. The maximum atomic E-state index is 11.7. The number of carbonyl (C=O) groups is 1. The summed E-state index contributed by atoms with van der Waals surface area (Å²) >= 11 is 5.66. The molecule has 0 radical (unpaired) electrons. The van der Waals surface area contributed by atoms with Crippen molar-refractivity contribution in [2.75, 3.05) is 6.54 Å². The Kier molecular flexibility index (Phi) is 3.97. The summed E-state index contributed by atoms with van der Waals surface area (Å²) in [5.74, 6) is -0.604. The number of nitrogens with zero attached hydrogens (tertiary/aromatic N) is 1. The molecule has 0 fully saturated rings. The molecule has 90 valence electrons. The third-order valence-corrected chi connectivity index (χ3v) is 2.43. The molecule has 0 aliphatic carbocycles. The molecule has 0 bridgehead atoms. The largest absolute Gasteiger partial charge is 0.507 e. The molecule has 17 heavy (non-hydrogen) atoms. The van der Waals surface area contributed by atoms with Crippen molar-refractivity contribution in [3.05, 3.63) is 28.8 Å². The van der Waals surface area contributed by atoms with E-state index in [1.54, 1.807) is 13.8 Å². The summed E-state index contributed by atoms with van der Waals surface area (Å²) in [5, 5.41) is 21.3. The molecule has 0 heterocycles. The van der Waals surface area contributed by atoms with Gasteiger partial charge < -0.3 is 10.4 Å². The van der Waals surface area contributed by atoms with Crippen molar-refractivity contribution in [3.63, 3.8) is 0 Å². The maximum absolute atomic E-state index is 11.7. The minimum absolute atomic E-state index is 0.142. The summed E-state index contributed by atoms with van der Waals surface area (Å²) in [5.41, 5.74) is -0.499. The quantitative estimate of drug-likeness (QED) is 0.867. The van der Waals surface area contributed by atoms with Gasteiger partial charge in [-0.15, -0.1) is 0 Å². The molecule has 4 nitrogen and oxygen atoms in total. The second kappa shape index (κ2) is 5.07. The molecule has 0 aromatic heterocycles. The van der Waals surface area contributed by atoms with Gasteiger partial charge in [-0.2, -0.15) is 5.26 Å². The van der Waals surface area contributed by atoms with Crippen molar-refractivity contribution in [3.8, 4) is 11.8 Å². The van der Waals surface area contributed by atoms with Gasteiger partial charge in [-0.1, -0.05) is 11.6 Å². The maximum Gasteiger partial charge on any atom is 0.255 e. The lowest BCUT2D eigenvalue weighted by molar-refractivity contribution is 0.0941. The monoisotopic (exact) mass is 252 g/mol. The molecule has 1 rings (SSSR count). The molecule has 0 aliphatic rings. The predicted octanol–water partition coefficient (Wildman–Crippen LogP) is 2.33. The lowest BCUT2D eigenvalue weighted by Gasteiger charge is -2.16. The molecule has 1 amide bonds. The molecule has 1 aromatic rings. The first kappa shape index (κ1) is 13.3. The minimum Gasteiger partial charge on any atom is -0.507 e. The second-order valence-electron chi connectivity index (χ2n) is 4.34. The molecular formula is C12H13ClN2O2. The van der Waals surface area contributed by atoms with Crippen molar-refractivity contribution in [2.24, 2.45) is 5.41 Å². The lowest BCUT2D eigenvalue weighted by atomic mass is 9.96. The van der Waals surface area contributed by atoms with Gasteiger partial charge >= 0.3 is 0 Å². The van der Waals surface area contributed by atoms with Gasteiger partial charge in [0.25, 0.3) is 5.91 Å². The Bertz CT molecular complexity index is 478. The Balaban J connectivity index is 2.75. The number of carbonyl (C=O) groups excluding carboxylic acids is 1. The second-order valence-corrected chi connectivity index (χ2v) is 4.78. The summed E-state index contributed by atoms with van der Waals surface area (Å²) < 4.78 is 0. The zero-order valence-corrected chi connectivity index (χ0v) is 10.4. The number of phenols is 1. The van der Waals surface area contributed by atoms with Crippen LogP contribution in [0.4, 0.5) is 0 Å². The number of amides is 1. The highest BCUT2D eigenvalue weighted by Crippen LogP contribution is 2.22. The highest BCUT2D eigenvalue weighted by atomic mass is 35.5. The van der Waals surface area contributed by atoms with Crippen LogP contribution < -0.4 is 5.32 Å². The SMILES string of the molecule is CC(C)(C#N)CNC(=O)c1ccc(Cl)cc1O. The molecule has 0 saturated heterocycles. The number of aromatic hydroxyl groups is 1. The molecule has 0 spiro atoms. The molecule has 0 unspecified atom stereocenters. The highest BCUT2D eigenvalue weighted by Gasteiger charge is 2.19. The number of benzene rings is 1. The van der Waals surface area contributed by atoms with E-state index in [1.807, 2.05) is 0 Å². The Morgan fingerprint density at radius 1 is 1.59 bits per heavy atom. The standard InChI is InChI=1S/C12H13ClN2O2/c1-12(2,6-14)7-15-11(17)9-4-3-8(13)5-10(9)16/h3-5,16H,7H2,1-2H3,(H,15,17). The van der Waals surface area contributed by atoms with Crippen molar-refractivity contribution < 1.29 is 9.90 Å². The average molecular weight is 253 g/mol. The number of hydrogen-bond acceptors (Lipinski definition) is 3. The van der Waals surface area contributed by atoms with Crippen LogP contribution in [0.2, 0.25) is 5.02 Å². The third-order valence-electron chi connectivity index (χ3n) is 2.20. The van der Waals surface area contributed by atoms with Gasteiger partial charge in [0.2, 0.25) is 0 Å². The van der Waals surface area contributed by atoms with Crippen LogP contribution in [-0.2, 0) is 0 Å². The van der Waals surface area contributed by atoms with Crippen LogP contribution in [0.5, 0.6) is 5.75 Å². The van der Waals surface area contributed by atoms with E-state index in [2.05, 4.69) is 11.4 Å². The zero-order chi connectivity index (χ0) is 13.1. The van der Waals surface area contributed by atoms with E-state index < -0.39 is 11.3 Å². The number of nitriles is 1. The van der Waals surface area contributed by atoms with Gasteiger partial charge in [0.1, 0.15) is 5.75 Å². The van der Waals surface area contributed by atoms with E-state index in [9.17, 15) is 9.90 Å². The van der Waals surface area contributed by atoms with Gasteiger partial charge in [-0.05, 0) is 32.0 Å². The minimum atomic E-state index is -0.641. The van der Waals surface area contributed by atoms with E-state index in [-0.39, 0.29) is 17.9 Å². The Labute approximate surface area is 105 Å². The first-order chi connectivity index (χ1) is 7.85. The van der Waals surface area contributed by atoms with E-state index in [0.29, 0.717) is 5.02 Å².